The number of aliphatic hydroxyl groups excluding tert-OH is 1. The van der Waals surface area contributed by atoms with Crippen LogP contribution in [0, 0.1) is 6.92 Å². The third kappa shape index (κ3) is 1.94. The molecule has 0 spiro atoms. The molecule has 5 heteroatoms. The van der Waals surface area contributed by atoms with Gasteiger partial charge in [-0.2, -0.15) is 5.10 Å². The minimum Gasteiger partial charge on any atom is -0.392 e. The lowest BCUT2D eigenvalue weighted by atomic mass is 10.2. The minimum absolute atomic E-state index is 0.0307. The number of nitrogens with zero attached hydrogens (tertiary/aromatic N) is 2. The van der Waals surface area contributed by atoms with E-state index in [2.05, 4.69) is 5.10 Å². The van der Waals surface area contributed by atoms with Gasteiger partial charge >= 0.3 is 0 Å². The van der Waals surface area contributed by atoms with Crippen LogP contribution >= 0.6 is 23.2 Å². The molecule has 1 aromatic carbocycles. The van der Waals surface area contributed by atoms with Crippen LogP contribution in [-0.2, 0) is 6.61 Å². The lowest BCUT2D eigenvalue weighted by molar-refractivity contribution is 0.281. The average molecular weight is 257 g/mol. The van der Waals surface area contributed by atoms with Gasteiger partial charge in [-0.1, -0.05) is 23.2 Å². The maximum Gasteiger partial charge on any atom is 0.0836 e. The van der Waals surface area contributed by atoms with E-state index in [0.29, 0.717) is 10.0 Å². The average Bonchev–Trinajstić information content (AvgIpc) is 2.60. The summed E-state index contributed by atoms with van der Waals surface area (Å²) in [6.45, 7) is 1.85. The number of benzene rings is 1. The molecule has 2 aromatic rings. The van der Waals surface area contributed by atoms with Crippen LogP contribution < -0.4 is 0 Å². The van der Waals surface area contributed by atoms with Gasteiger partial charge in [0.2, 0.25) is 0 Å². The van der Waals surface area contributed by atoms with Gasteiger partial charge in [0, 0.05) is 16.3 Å². The topological polar surface area (TPSA) is 38.1 Å². The maximum absolute atomic E-state index is 9.08. The highest BCUT2D eigenvalue weighted by molar-refractivity contribution is 6.35. The maximum atomic E-state index is 9.08. The third-order valence-electron chi connectivity index (χ3n) is 2.42. The number of aromatic nitrogens is 2. The molecule has 0 saturated heterocycles. The van der Waals surface area contributed by atoms with Crippen LogP contribution in [0.2, 0.25) is 10.0 Å². The molecule has 1 aromatic heterocycles. The highest BCUT2D eigenvalue weighted by Crippen LogP contribution is 2.25. The Morgan fingerprint density at radius 2 is 2.12 bits per heavy atom. The van der Waals surface area contributed by atoms with Crippen molar-refractivity contribution in [2.75, 3.05) is 0 Å². The second kappa shape index (κ2) is 4.45. The molecule has 0 atom stereocenters. The molecule has 0 bridgehead atoms. The van der Waals surface area contributed by atoms with Gasteiger partial charge in [0.1, 0.15) is 0 Å². The Kier molecular flexibility index (Phi) is 3.19. The molecule has 0 unspecified atom stereocenters. The molecule has 0 radical (unpaired) electrons. The molecular weight excluding hydrogens is 247 g/mol. The van der Waals surface area contributed by atoms with Crippen molar-refractivity contribution in [3.63, 3.8) is 0 Å². The molecule has 0 aliphatic heterocycles. The molecule has 3 nitrogen and oxygen atoms in total. The normalized spacial score (nSPS) is 10.8. The van der Waals surface area contributed by atoms with Crippen molar-refractivity contribution in [1.82, 2.24) is 9.78 Å². The fraction of sp³-hybridized carbons (Fsp3) is 0.182. The first-order valence-corrected chi connectivity index (χ1v) is 5.49. The first-order valence-electron chi connectivity index (χ1n) is 4.73. The zero-order chi connectivity index (χ0) is 11.7. The number of aliphatic hydroxyl groups is 1. The Labute approximate surface area is 103 Å². The smallest absolute Gasteiger partial charge is 0.0836 e. The molecule has 16 heavy (non-hydrogen) atoms. The van der Waals surface area contributed by atoms with Crippen LogP contribution in [0.5, 0.6) is 0 Å². The zero-order valence-corrected chi connectivity index (χ0v) is 10.1. The van der Waals surface area contributed by atoms with E-state index in [-0.39, 0.29) is 6.61 Å². The third-order valence-corrected chi connectivity index (χ3v) is 2.96. The predicted octanol–water partition coefficient (Wildman–Crippen LogP) is 2.98. The summed E-state index contributed by atoms with van der Waals surface area (Å²) >= 11 is 11.9. The van der Waals surface area contributed by atoms with Crippen LogP contribution in [0.25, 0.3) is 5.69 Å². The van der Waals surface area contributed by atoms with Gasteiger partial charge in [0.05, 0.1) is 23.5 Å². The van der Waals surface area contributed by atoms with Crippen LogP contribution in [0.3, 0.4) is 0 Å². The van der Waals surface area contributed by atoms with Gasteiger partial charge in [0.25, 0.3) is 0 Å². The quantitative estimate of drug-likeness (QED) is 0.898. The Morgan fingerprint density at radius 3 is 2.69 bits per heavy atom. The highest BCUT2D eigenvalue weighted by atomic mass is 35.5. The molecule has 0 aliphatic rings. The number of hydrogen-bond acceptors (Lipinski definition) is 2. The van der Waals surface area contributed by atoms with Crippen LogP contribution in [-0.4, -0.2) is 14.9 Å². The highest BCUT2D eigenvalue weighted by Gasteiger charge is 2.10. The Balaban J connectivity index is 2.54. The van der Waals surface area contributed by atoms with E-state index in [1.165, 1.54) is 0 Å². The van der Waals surface area contributed by atoms with Gasteiger partial charge in [-0.25, -0.2) is 4.68 Å². The largest absolute Gasteiger partial charge is 0.392 e. The van der Waals surface area contributed by atoms with Crippen molar-refractivity contribution < 1.29 is 5.11 Å². The molecule has 0 saturated carbocycles. The van der Waals surface area contributed by atoms with E-state index in [0.717, 1.165) is 16.9 Å². The molecular formula is C11H10Cl2N2O. The van der Waals surface area contributed by atoms with Crippen LogP contribution in [0.1, 0.15) is 11.3 Å². The van der Waals surface area contributed by atoms with E-state index in [9.17, 15) is 0 Å². The first-order chi connectivity index (χ1) is 7.63. The summed E-state index contributed by atoms with van der Waals surface area (Å²) in [7, 11) is 0. The molecule has 84 valence electrons. The molecule has 0 amide bonds. The number of hydrogen-bond donors (Lipinski definition) is 1. The summed E-state index contributed by atoms with van der Waals surface area (Å²) in [5, 5.41) is 14.4. The van der Waals surface area contributed by atoms with E-state index in [1.54, 1.807) is 29.1 Å². The summed E-state index contributed by atoms with van der Waals surface area (Å²) in [5.41, 5.74) is 2.40. The molecule has 0 fully saturated rings. The van der Waals surface area contributed by atoms with Crippen molar-refractivity contribution in [2.24, 2.45) is 0 Å². The summed E-state index contributed by atoms with van der Waals surface area (Å²) in [6, 6.07) is 5.21. The Morgan fingerprint density at radius 1 is 1.38 bits per heavy atom. The second-order valence-corrected chi connectivity index (χ2v) is 4.26. The summed E-state index contributed by atoms with van der Waals surface area (Å²) in [4.78, 5) is 0. The van der Waals surface area contributed by atoms with Gasteiger partial charge in [-0.05, 0) is 25.1 Å². The van der Waals surface area contributed by atoms with Gasteiger partial charge < -0.3 is 5.11 Å². The van der Waals surface area contributed by atoms with Gasteiger partial charge in [0.15, 0.2) is 0 Å². The van der Waals surface area contributed by atoms with Crippen molar-refractivity contribution in [3.05, 3.63) is 45.7 Å². The Hall–Kier alpha value is -1.03. The van der Waals surface area contributed by atoms with Crippen LogP contribution in [0.15, 0.2) is 24.4 Å². The number of rotatable bonds is 2. The fourth-order valence-electron chi connectivity index (χ4n) is 1.49. The second-order valence-electron chi connectivity index (χ2n) is 3.42. The lowest BCUT2D eigenvalue weighted by Crippen LogP contribution is -2.00. The summed E-state index contributed by atoms with van der Waals surface area (Å²) in [6.07, 6.45) is 1.63. The summed E-state index contributed by atoms with van der Waals surface area (Å²) in [5.74, 6) is 0. The SMILES string of the molecule is Cc1c(CO)cnn1-c1ccc(Cl)cc1Cl. The van der Waals surface area contributed by atoms with Crippen molar-refractivity contribution in [2.45, 2.75) is 13.5 Å². The van der Waals surface area contributed by atoms with E-state index < -0.39 is 0 Å². The van der Waals surface area contributed by atoms with E-state index in [4.69, 9.17) is 28.3 Å². The molecule has 1 heterocycles. The zero-order valence-electron chi connectivity index (χ0n) is 8.61. The standard InChI is InChI=1S/C11H10Cl2N2O/c1-7-8(6-16)5-14-15(7)11-3-2-9(12)4-10(11)13/h2-5,16H,6H2,1H3. The molecule has 0 aliphatic carbocycles. The minimum atomic E-state index is -0.0307. The van der Waals surface area contributed by atoms with Crippen LogP contribution in [0.4, 0.5) is 0 Å². The van der Waals surface area contributed by atoms with Crippen molar-refractivity contribution in [3.8, 4) is 5.69 Å². The molecule has 2 rings (SSSR count). The van der Waals surface area contributed by atoms with Crippen molar-refractivity contribution in [1.29, 1.82) is 0 Å². The molecule has 1 N–H and O–H groups in total. The Bertz CT molecular complexity index is 523. The van der Waals surface area contributed by atoms with Gasteiger partial charge in [-0.3, -0.25) is 0 Å². The summed E-state index contributed by atoms with van der Waals surface area (Å²) < 4.78 is 1.68. The fourth-order valence-corrected chi connectivity index (χ4v) is 1.98. The van der Waals surface area contributed by atoms with Gasteiger partial charge in [-0.15, -0.1) is 0 Å². The monoisotopic (exact) mass is 256 g/mol. The predicted molar refractivity (Wildman–Crippen MR) is 64.2 cm³/mol. The lowest BCUT2D eigenvalue weighted by Gasteiger charge is -2.07. The van der Waals surface area contributed by atoms with E-state index >= 15 is 0 Å². The van der Waals surface area contributed by atoms with E-state index in [1.807, 2.05) is 6.92 Å². The first kappa shape index (κ1) is 11.5. The van der Waals surface area contributed by atoms with Crippen molar-refractivity contribution >= 4 is 23.2 Å². The number of halogens is 2.